The lowest BCUT2D eigenvalue weighted by molar-refractivity contribution is 0.156. The fourth-order valence-corrected chi connectivity index (χ4v) is 1.68. The van der Waals surface area contributed by atoms with E-state index in [2.05, 4.69) is 26.1 Å². The fourth-order valence-electron chi connectivity index (χ4n) is 1.68. The second kappa shape index (κ2) is 8.52. The average Bonchev–Trinajstić information content (AvgIpc) is 2.05. The van der Waals surface area contributed by atoms with Crippen LogP contribution in [0.2, 0.25) is 0 Å². The molecule has 0 aromatic rings. The van der Waals surface area contributed by atoms with E-state index >= 15 is 0 Å². The highest BCUT2D eigenvalue weighted by Gasteiger charge is 2.09. The lowest BCUT2D eigenvalue weighted by Gasteiger charge is -2.22. The second-order valence-corrected chi connectivity index (χ2v) is 3.80. The molecule has 2 atom stereocenters. The maximum atomic E-state index is 5.17. The molecule has 0 rings (SSSR count). The Morgan fingerprint density at radius 1 is 1.15 bits per heavy atom. The zero-order valence-electron chi connectivity index (χ0n) is 9.60. The van der Waals surface area contributed by atoms with Gasteiger partial charge in [0.15, 0.2) is 0 Å². The molecule has 0 bridgehead atoms. The average molecular weight is 187 g/mol. The van der Waals surface area contributed by atoms with Crippen LogP contribution >= 0.6 is 0 Å². The van der Waals surface area contributed by atoms with Crippen molar-refractivity contribution in [2.45, 2.75) is 58.5 Å². The van der Waals surface area contributed by atoms with Gasteiger partial charge in [0.25, 0.3) is 0 Å². The molecular weight excluding hydrogens is 162 g/mol. The van der Waals surface area contributed by atoms with Crippen molar-refractivity contribution in [2.24, 2.45) is 0 Å². The summed E-state index contributed by atoms with van der Waals surface area (Å²) in [7, 11) is 1.77. The van der Waals surface area contributed by atoms with E-state index in [1.54, 1.807) is 7.11 Å². The Bertz CT molecular complexity index is 100. The number of nitrogens with one attached hydrogen (secondary N) is 1. The number of hydrogen-bond acceptors (Lipinski definition) is 2. The molecule has 0 aliphatic rings. The van der Waals surface area contributed by atoms with Crippen LogP contribution in [0.4, 0.5) is 0 Å². The van der Waals surface area contributed by atoms with Gasteiger partial charge in [-0.3, -0.25) is 0 Å². The highest BCUT2D eigenvalue weighted by atomic mass is 16.5. The van der Waals surface area contributed by atoms with Gasteiger partial charge in [0.2, 0.25) is 0 Å². The van der Waals surface area contributed by atoms with Gasteiger partial charge in [-0.1, -0.05) is 26.7 Å². The van der Waals surface area contributed by atoms with Crippen molar-refractivity contribution in [1.82, 2.24) is 5.32 Å². The van der Waals surface area contributed by atoms with Crippen LogP contribution in [0.3, 0.4) is 0 Å². The van der Waals surface area contributed by atoms with Crippen molar-refractivity contribution in [3.05, 3.63) is 0 Å². The molecule has 0 radical (unpaired) electrons. The first-order chi connectivity index (χ1) is 6.24. The van der Waals surface area contributed by atoms with E-state index in [-0.39, 0.29) is 0 Å². The molecule has 0 saturated carbocycles. The summed E-state index contributed by atoms with van der Waals surface area (Å²) in [6.45, 7) is 7.53. The first kappa shape index (κ1) is 12.9. The van der Waals surface area contributed by atoms with Gasteiger partial charge in [-0.2, -0.15) is 0 Å². The Labute approximate surface area is 83.1 Å². The van der Waals surface area contributed by atoms with Crippen molar-refractivity contribution in [1.29, 1.82) is 0 Å². The molecule has 0 fully saturated rings. The quantitative estimate of drug-likeness (QED) is 0.630. The van der Waals surface area contributed by atoms with E-state index in [1.807, 2.05) is 0 Å². The SMILES string of the molecule is CCCC(C)NC(CCC)COC. The normalized spacial score (nSPS) is 15.7. The highest BCUT2D eigenvalue weighted by Crippen LogP contribution is 2.02. The van der Waals surface area contributed by atoms with Crippen molar-refractivity contribution in [2.75, 3.05) is 13.7 Å². The molecule has 0 saturated heterocycles. The first-order valence-corrected chi connectivity index (χ1v) is 5.49. The summed E-state index contributed by atoms with van der Waals surface area (Å²) in [6, 6.07) is 1.16. The predicted octanol–water partition coefficient (Wildman–Crippen LogP) is 2.58. The summed E-state index contributed by atoms with van der Waals surface area (Å²) < 4.78 is 5.17. The number of rotatable bonds is 8. The van der Waals surface area contributed by atoms with Crippen molar-refractivity contribution >= 4 is 0 Å². The van der Waals surface area contributed by atoms with Crippen LogP contribution in [0.5, 0.6) is 0 Å². The third-order valence-electron chi connectivity index (χ3n) is 2.25. The Morgan fingerprint density at radius 2 is 1.77 bits per heavy atom. The molecule has 0 amide bonds. The molecule has 0 aliphatic heterocycles. The van der Waals surface area contributed by atoms with Crippen molar-refractivity contribution in [3.63, 3.8) is 0 Å². The first-order valence-electron chi connectivity index (χ1n) is 5.49. The lowest BCUT2D eigenvalue weighted by atomic mass is 10.1. The molecular formula is C11H25NO. The van der Waals surface area contributed by atoms with Gasteiger partial charge >= 0.3 is 0 Å². The van der Waals surface area contributed by atoms with Crippen LogP contribution in [-0.2, 0) is 4.74 Å². The molecule has 80 valence electrons. The summed E-state index contributed by atoms with van der Waals surface area (Å²) in [5.41, 5.74) is 0. The minimum atomic E-state index is 0.538. The number of methoxy groups -OCH3 is 1. The van der Waals surface area contributed by atoms with Gasteiger partial charge in [-0.15, -0.1) is 0 Å². The Balaban J connectivity index is 3.64. The van der Waals surface area contributed by atoms with E-state index in [1.165, 1.54) is 25.7 Å². The monoisotopic (exact) mass is 187 g/mol. The van der Waals surface area contributed by atoms with Gasteiger partial charge in [0, 0.05) is 19.2 Å². The second-order valence-electron chi connectivity index (χ2n) is 3.80. The zero-order valence-corrected chi connectivity index (χ0v) is 9.60. The maximum absolute atomic E-state index is 5.17. The molecule has 0 aliphatic carbocycles. The van der Waals surface area contributed by atoms with E-state index in [0.29, 0.717) is 12.1 Å². The summed E-state index contributed by atoms with van der Waals surface area (Å²) in [4.78, 5) is 0. The largest absolute Gasteiger partial charge is 0.383 e. The summed E-state index contributed by atoms with van der Waals surface area (Å²) in [5.74, 6) is 0. The Hall–Kier alpha value is -0.0800. The molecule has 0 aromatic heterocycles. The molecule has 13 heavy (non-hydrogen) atoms. The van der Waals surface area contributed by atoms with Gasteiger partial charge in [-0.05, 0) is 19.8 Å². The lowest BCUT2D eigenvalue weighted by Crippen LogP contribution is -2.39. The molecule has 0 aromatic carbocycles. The number of hydrogen-bond donors (Lipinski definition) is 1. The fraction of sp³-hybridized carbons (Fsp3) is 1.00. The van der Waals surface area contributed by atoms with Crippen LogP contribution in [0.1, 0.15) is 46.5 Å². The smallest absolute Gasteiger partial charge is 0.0615 e. The molecule has 2 unspecified atom stereocenters. The number of ether oxygens (including phenoxy) is 1. The van der Waals surface area contributed by atoms with Crippen LogP contribution in [0.15, 0.2) is 0 Å². The topological polar surface area (TPSA) is 21.3 Å². The Morgan fingerprint density at radius 3 is 2.23 bits per heavy atom. The van der Waals surface area contributed by atoms with E-state index in [9.17, 15) is 0 Å². The minimum Gasteiger partial charge on any atom is -0.383 e. The summed E-state index contributed by atoms with van der Waals surface area (Å²) >= 11 is 0. The van der Waals surface area contributed by atoms with E-state index in [4.69, 9.17) is 4.74 Å². The molecule has 0 spiro atoms. The van der Waals surface area contributed by atoms with Crippen LogP contribution in [0, 0.1) is 0 Å². The van der Waals surface area contributed by atoms with E-state index in [0.717, 1.165) is 6.61 Å². The zero-order chi connectivity index (χ0) is 10.1. The molecule has 1 N–H and O–H groups in total. The summed E-state index contributed by atoms with van der Waals surface area (Å²) in [6.07, 6.45) is 4.94. The third kappa shape index (κ3) is 7.03. The van der Waals surface area contributed by atoms with Crippen LogP contribution < -0.4 is 5.32 Å². The van der Waals surface area contributed by atoms with E-state index < -0.39 is 0 Å². The minimum absolute atomic E-state index is 0.538. The molecule has 2 nitrogen and oxygen atoms in total. The molecule has 2 heteroatoms. The van der Waals surface area contributed by atoms with Gasteiger partial charge in [0.1, 0.15) is 0 Å². The van der Waals surface area contributed by atoms with Crippen molar-refractivity contribution < 1.29 is 4.74 Å². The maximum Gasteiger partial charge on any atom is 0.0615 e. The van der Waals surface area contributed by atoms with Crippen LogP contribution in [-0.4, -0.2) is 25.8 Å². The van der Waals surface area contributed by atoms with Gasteiger partial charge in [0.05, 0.1) is 6.61 Å². The van der Waals surface area contributed by atoms with Crippen molar-refractivity contribution in [3.8, 4) is 0 Å². The van der Waals surface area contributed by atoms with Gasteiger partial charge in [-0.25, -0.2) is 0 Å². The predicted molar refractivity (Wildman–Crippen MR) is 58.1 cm³/mol. The standard InChI is InChI=1S/C11H25NO/c1-5-7-10(3)12-11(8-6-2)9-13-4/h10-12H,5-9H2,1-4H3. The molecule has 0 heterocycles. The Kier molecular flexibility index (Phi) is 8.46. The summed E-state index contributed by atoms with van der Waals surface area (Å²) in [5, 5.41) is 3.59. The highest BCUT2D eigenvalue weighted by molar-refractivity contribution is 4.70. The van der Waals surface area contributed by atoms with Gasteiger partial charge < -0.3 is 10.1 Å². The third-order valence-corrected chi connectivity index (χ3v) is 2.25. The van der Waals surface area contributed by atoms with Crippen LogP contribution in [0.25, 0.3) is 0 Å².